The molecule has 0 radical (unpaired) electrons. The highest BCUT2D eigenvalue weighted by Crippen LogP contribution is 2.23. The van der Waals surface area contributed by atoms with Crippen LogP contribution in [0.2, 0.25) is 0 Å². The molecule has 0 aliphatic carbocycles. The zero-order chi connectivity index (χ0) is 17.4. The summed E-state index contributed by atoms with van der Waals surface area (Å²) < 4.78 is 16.7. The molecule has 0 spiro atoms. The van der Waals surface area contributed by atoms with E-state index in [1.54, 1.807) is 44.6 Å². The molecule has 1 amide bonds. The molecule has 0 unspecified atom stereocenters. The predicted molar refractivity (Wildman–Crippen MR) is 94.9 cm³/mol. The lowest BCUT2D eigenvalue weighted by atomic mass is 10.2. The number of hydrogen-bond acceptors (Lipinski definition) is 5. The molecular formula is C17H17BrN2O4. The van der Waals surface area contributed by atoms with Crippen LogP contribution >= 0.6 is 15.9 Å². The van der Waals surface area contributed by atoms with Gasteiger partial charge in [0.1, 0.15) is 17.2 Å². The highest BCUT2D eigenvalue weighted by Gasteiger charge is 2.04. The van der Waals surface area contributed by atoms with Gasteiger partial charge >= 0.3 is 0 Å². The fourth-order valence-electron chi connectivity index (χ4n) is 1.81. The lowest BCUT2D eigenvalue weighted by Crippen LogP contribution is -2.24. The Hall–Kier alpha value is -2.54. The summed E-state index contributed by atoms with van der Waals surface area (Å²) in [6.07, 6.45) is 1.50. The molecule has 0 heterocycles. The minimum absolute atomic E-state index is 0.126. The molecule has 7 heteroatoms. The first-order valence-corrected chi connectivity index (χ1v) is 7.84. The van der Waals surface area contributed by atoms with Gasteiger partial charge in [-0.2, -0.15) is 5.10 Å². The summed E-state index contributed by atoms with van der Waals surface area (Å²) in [4.78, 5) is 11.7. The van der Waals surface area contributed by atoms with E-state index < -0.39 is 0 Å². The summed E-state index contributed by atoms with van der Waals surface area (Å²) >= 11 is 3.33. The molecule has 0 fully saturated rings. The molecule has 0 saturated carbocycles. The Morgan fingerprint density at radius 1 is 1.12 bits per heavy atom. The van der Waals surface area contributed by atoms with Crippen molar-refractivity contribution in [2.45, 2.75) is 0 Å². The molecule has 0 aliphatic heterocycles. The topological polar surface area (TPSA) is 69.2 Å². The number of ether oxygens (including phenoxy) is 3. The van der Waals surface area contributed by atoms with E-state index in [2.05, 4.69) is 26.5 Å². The number of amides is 1. The van der Waals surface area contributed by atoms with Gasteiger partial charge in [-0.3, -0.25) is 4.79 Å². The lowest BCUT2D eigenvalue weighted by Gasteiger charge is -2.07. The molecule has 1 N–H and O–H groups in total. The smallest absolute Gasteiger partial charge is 0.277 e. The van der Waals surface area contributed by atoms with Crippen LogP contribution in [0.3, 0.4) is 0 Å². The van der Waals surface area contributed by atoms with Crippen molar-refractivity contribution in [3.8, 4) is 17.2 Å². The van der Waals surface area contributed by atoms with Crippen LogP contribution in [0, 0.1) is 0 Å². The molecule has 0 aromatic heterocycles. The van der Waals surface area contributed by atoms with Gasteiger partial charge in [0.05, 0.1) is 20.4 Å². The summed E-state index contributed by atoms with van der Waals surface area (Å²) in [6, 6.07) is 12.5. The summed E-state index contributed by atoms with van der Waals surface area (Å²) in [7, 11) is 3.13. The summed E-state index contributed by atoms with van der Waals surface area (Å²) in [5, 5.41) is 3.90. The van der Waals surface area contributed by atoms with Crippen molar-refractivity contribution in [1.82, 2.24) is 5.43 Å². The van der Waals surface area contributed by atoms with Crippen LogP contribution in [-0.4, -0.2) is 32.9 Å². The van der Waals surface area contributed by atoms with E-state index in [-0.39, 0.29) is 12.5 Å². The second-order valence-corrected chi connectivity index (χ2v) is 5.56. The van der Waals surface area contributed by atoms with E-state index in [1.165, 1.54) is 6.21 Å². The number of rotatable bonds is 7. The SMILES string of the molecule is COc1ccc(C=NNC(=O)COc2ccc(Br)cc2)c(OC)c1. The maximum Gasteiger partial charge on any atom is 0.277 e. The van der Waals surface area contributed by atoms with Gasteiger partial charge in [-0.1, -0.05) is 15.9 Å². The molecule has 2 rings (SSSR count). The van der Waals surface area contributed by atoms with E-state index >= 15 is 0 Å². The summed E-state index contributed by atoms with van der Waals surface area (Å²) in [5.74, 6) is 1.52. The minimum atomic E-state index is -0.360. The molecule has 0 aliphatic rings. The number of methoxy groups -OCH3 is 2. The second-order valence-electron chi connectivity index (χ2n) is 4.64. The first-order chi connectivity index (χ1) is 11.6. The van der Waals surface area contributed by atoms with Crippen molar-refractivity contribution >= 4 is 28.1 Å². The molecule has 24 heavy (non-hydrogen) atoms. The highest BCUT2D eigenvalue weighted by molar-refractivity contribution is 9.10. The monoisotopic (exact) mass is 392 g/mol. The Morgan fingerprint density at radius 2 is 1.83 bits per heavy atom. The van der Waals surface area contributed by atoms with Gasteiger partial charge in [0.25, 0.3) is 5.91 Å². The Bertz CT molecular complexity index is 717. The van der Waals surface area contributed by atoms with Crippen LogP contribution in [-0.2, 0) is 4.79 Å². The van der Waals surface area contributed by atoms with Gasteiger partial charge in [-0.05, 0) is 36.4 Å². The van der Waals surface area contributed by atoms with Crippen molar-refractivity contribution in [3.63, 3.8) is 0 Å². The van der Waals surface area contributed by atoms with Crippen molar-refractivity contribution < 1.29 is 19.0 Å². The zero-order valence-corrected chi connectivity index (χ0v) is 14.9. The predicted octanol–water partition coefficient (Wildman–Crippen LogP) is 3.00. The molecule has 2 aromatic carbocycles. The van der Waals surface area contributed by atoms with Crippen LogP contribution < -0.4 is 19.6 Å². The van der Waals surface area contributed by atoms with Gasteiger partial charge in [0.2, 0.25) is 0 Å². The standard InChI is InChI=1S/C17H17BrN2O4/c1-22-15-6-3-12(16(9-15)23-2)10-19-20-17(21)11-24-14-7-4-13(18)5-8-14/h3-10H,11H2,1-2H3,(H,20,21). The van der Waals surface area contributed by atoms with Crippen LogP contribution in [0.25, 0.3) is 0 Å². The summed E-state index contributed by atoms with van der Waals surface area (Å²) in [6.45, 7) is -0.126. The van der Waals surface area contributed by atoms with E-state index in [1.807, 2.05) is 12.1 Å². The Labute approximate surface area is 148 Å². The molecule has 126 valence electrons. The Kier molecular flexibility index (Phi) is 6.62. The number of halogens is 1. The number of hydrazone groups is 1. The first kappa shape index (κ1) is 17.8. The van der Waals surface area contributed by atoms with Crippen molar-refractivity contribution in [3.05, 3.63) is 52.5 Å². The largest absolute Gasteiger partial charge is 0.497 e. The zero-order valence-electron chi connectivity index (χ0n) is 13.3. The fourth-order valence-corrected chi connectivity index (χ4v) is 2.08. The fraction of sp³-hybridized carbons (Fsp3) is 0.176. The second kappa shape index (κ2) is 8.93. The van der Waals surface area contributed by atoms with Gasteiger partial charge in [-0.15, -0.1) is 0 Å². The number of nitrogens with zero attached hydrogens (tertiary/aromatic N) is 1. The molecule has 0 atom stereocenters. The number of carbonyl (C=O) groups excluding carboxylic acids is 1. The molecule has 2 aromatic rings. The normalized spacial score (nSPS) is 10.5. The van der Waals surface area contributed by atoms with E-state index in [0.717, 1.165) is 4.47 Å². The summed E-state index contributed by atoms with van der Waals surface area (Å²) in [5.41, 5.74) is 3.12. The molecule has 0 bridgehead atoms. The van der Waals surface area contributed by atoms with Crippen LogP contribution in [0.15, 0.2) is 52.0 Å². The number of carbonyl (C=O) groups is 1. The quantitative estimate of drug-likeness (QED) is 0.580. The van der Waals surface area contributed by atoms with E-state index in [0.29, 0.717) is 22.8 Å². The van der Waals surface area contributed by atoms with Gasteiger partial charge in [-0.25, -0.2) is 5.43 Å². The van der Waals surface area contributed by atoms with Gasteiger partial charge in [0, 0.05) is 16.1 Å². The van der Waals surface area contributed by atoms with E-state index in [9.17, 15) is 4.79 Å². The van der Waals surface area contributed by atoms with Crippen LogP contribution in [0.4, 0.5) is 0 Å². The average Bonchev–Trinajstić information content (AvgIpc) is 2.61. The van der Waals surface area contributed by atoms with Crippen LogP contribution in [0.5, 0.6) is 17.2 Å². The van der Waals surface area contributed by atoms with Crippen LogP contribution in [0.1, 0.15) is 5.56 Å². The van der Waals surface area contributed by atoms with Crippen molar-refractivity contribution in [2.24, 2.45) is 5.10 Å². The molecular weight excluding hydrogens is 376 g/mol. The number of benzene rings is 2. The van der Waals surface area contributed by atoms with Gasteiger partial charge < -0.3 is 14.2 Å². The third kappa shape index (κ3) is 5.27. The Balaban J connectivity index is 1.86. The highest BCUT2D eigenvalue weighted by atomic mass is 79.9. The third-order valence-electron chi connectivity index (χ3n) is 3.02. The van der Waals surface area contributed by atoms with Gasteiger partial charge in [0.15, 0.2) is 6.61 Å². The minimum Gasteiger partial charge on any atom is -0.497 e. The van der Waals surface area contributed by atoms with E-state index in [4.69, 9.17) is 14.2 Å². The third-order valence-corrected chi connectivity index (χ3v) is 3.55. The number of nitrogens with one attached hydrogen (secondary N) is 1. The maximum absolute atomic E-state index is 11.7. The van der Waals surface area contributed by atoms with Crippen molar-refractivity contribution in [1.29, 1.82) is 0 Å². The van der Waals surface area contributed by atoms with Crippen molar-refractivity contribution in [2.75, 3.05) is 20.8 Å². The maximum atomic E-state index is 11.7. The molecule has 6 nitrogen and oxygen atoms in total. The lowest BCUT2D eigenvalue weighted by molar-refractivity contribution is -0.123. The average molecular weight is 393 g/mol. The Morgan fingerprint density at radius 3 is 2.50 bits per heavy atom. The molecule has 0 saturated heterocycles. The number of hydrogen-bond donors (Lipinski definition) is 1. The first-order valence-electron chi connectivity index (χ1n) is 7.04.